The summed E-state index contributed by atoms with van der Waals surface area (Å²) >= 11 is 4.06. The van der Waals surface area contributed by atoms with E-state index in [1.54, 1.807) is 0 Å². The average Bonchev–Trinajstić information content (AvgIpc) is 2.35. The summed E-state index contributed by atoms with van der Waals surface area (Å²) in [5.74, 6) is -1.02. The maximum Gasteiger partial charge on any atom is 0.254 e. The fourth-order valence-corrected chi connectivity index (χ4v) is 3.68. The van der Waals surface area contributed by atoms with Gasteiger partial charge in [0, 0.05) is 10.9 Å². The number of amides is 1. The van der Waals surface area contributed by atoms with E-state index in [1.165, 1.54) is 18.2 Å². The maximum atomic E-state index is 13.5. The van der Waals surface area contributed by atoms with Crippen molar-refractivity contribution in [2.75, 3.05) is 11.5 Å². The van der Waals surface area contributed by atoms with Gasteiger partial charge in [-0.1, -0.05) is 0 Å². The molecule has 1 aliphatic heterocycles. The van der Waals surface area contributed by atoms with E-state index in [0.717, 1.165) is 0 Å². The second-order valence-corrected chi connectivity index (χ2v) is 7.38. The fourth-order valence-electron chi connectivity index (χ4n) is 1.98. The Morgan fingerprint density at radius 1 is 1.32 bits per heavy atom. The Hall–Kier alpha value is -1.08. The van der Waals surface area contributed by atoms with Crippen LogP contribution in [0.1, 0.15) is 23.2 Å². The Kier molecular flexibility index (Phi) is 4.15. The molecule has 0 unspecified atom stereocenters. The van der Waals surface area contributed by atoms with Crippen molar-refractivity contribution in [3.63, 3.8) is 0 Å². The molecule has 0 spiro atoms. The molecule has 1 aromatic carbocycles. The van der Waals surface area contributed by atoms with Gasteiger partial charge in [0.15, 0.2) is 0 Å². The van der Waals surface area contributed by atoms with Crippen molar-refractivity contribution >= 4 is 28.4 Å². The summed E-state index contributed by atoms with van der Waals surface area (Å²) in [5.41, 5.74) is -0.0686. The summed E-state index contributed by atoms with van der Waals surface area (Å²) < 4.78 is 36.0. The zero-order chi connectivity index (χ0) is 14.0. The molecule has 19 heavy (non-hydrogen) atoms. The number of nitrogens with one attached hydrogen (secondary N) is 1. The quantitative estimate of drug-likeness (QED) is 0.812. The van der Waals surface area contributed by atoms with Crippen LogP contribution in [-0.4, -0.2) is 31.9 Å². The molecule has 2 rings (SSSR count). The third-order valence-electron chi connectivity index (χ3n) is 3.08. The fraction of sp³-hybridized carbons (Fsp3) is 0.417. The highest BCUT2D eigenvalue weighted by molar-refractivity contribution is 7.91. The molecule has 1 heterocycles. The van der Waals surface area contributed by atoms with Crippen molar-refractivity contribution in [3.8, 4) is 0 Å². The van der Waals surface area contributed by atoms with Crippen LogP contribution in [-0.2, 0) is 9.84 Å². The summed E-state index contributed by atoms with van der Waals surface area (Å²) in [6, 6.07) is 3.78. The molecule has 0 atom stereocenters. The highest BCUT2D eigenvalue weighted by atomic mass is 32.2. The van der Waals surface area contributed by atoms with Crippen LogP contribution in [0.2, 0.25) is 0 Å². The molecule has 104 valence electrons. The number of sulfone groups is 1. The first-order valence-corrected chi connectivity index (χ1v) is 8.14. The van der Waals surface area contributed by atoms with Crippen molar-refractivity contribution in [2.24, 2.45) is 0 Å². The first-order chi connectivity index (χ1) is 8.87. The van der Waals surface area contributed by atoms with E-state index in [-0.39, 0.29) is 23.1 Å². The van der Waals surface area contributed by atoms with Crippen molar-refractivity contribution in [1.29, 1.82) is 0 Å². The third kappa shape index (κ3) is 3.70. The predicted octanol–water partition coefficient (Wildman–Crippen LogP) is 1.42. The number of hydrogen-bond donors (Lipinski definition) is 2. The van der Waals surface area contributed by atoms with Gasteiger partial charge in [-0.15, -0.1) is 12.6 Å². The molecular formula is C12H14FNO3S2. The molecule has 0 aromatic heterocycles. The summed E-state index contributed by atoms with van der Waals surface area (Å²) in [4.78, 5) is 12.4. The first-order valence-electron chi connectivity index (χ1n) is 5.87. The van der Waals surface area contributed by atoms with Gasteiger partial charge < -0.3 is 5.32 Å². The smallest absolute Gasteiger partial charge is 0.254 e. The summed E-state index contributed by atoms with van der Waals surface area (Å²) in [5, 5.41) is 2.66. The number of carbonyl (C=O) groups excluding carboxylic acids is 1. The number of thiol groups is 1. The van der Waals surface area contributed by atoms with Gasteiger partial charge in [-0.05, 0) is 31.0 Å². The Balaban J connectivity index is 2.04. The Bertz CT molecular complexity index is 587. The molecule has 0 aliphatic carbocycles. The molecule has 0 saturated carbocycles. The van der Waals surface area contributed by atoms with E-state index in [0.29, 0.717) is 17.7 Å². The normalized spacial score (nSPS) is 19.1. The highest BCUT2D eigenvalue weighted by Gasteiger charge is 2.25. The van der Waals surface area contributed by atoms with Crippen molar-refractivity contribution < 1.29 is 17.6 Å². The largest absolute Gasteiger partial charge is 0.349 e. The SMILES string of the molecule is O=C(NC1CCS(=O)(=O)CC1)c1cc(S)ccc1F. The number of benzene rings is 1. The lowest BCUT2D eigenvalue weighted by Gasteiger charge is -2.23. The lowest BCUT2D eigenvalue weighted by atomic mass is 10.1. The molecule has 1 aromatic rings. The number of rotatable bonds is 2. The monoisotopic (exact) mass is 303 g/mol. The topological polar surface area (TPSA) is 63.2 Å². The highest BCUT2D eigenvalue weighted by Crippen LogP contribution is 2.16. The van der Waals surface area contributed by atoms with Gasteiger partial charge in [0.05, 0.1) is 17.1 Å². The van der Waals surface area contributed by atoms with Crippen LogP contribution in [0, 0.1) is 5.82 Å². The van der Waals surface area contributed by atoms with E-state index in [9.17, 15) is 17.6 Å². The molecule has 1 fully saturated rings. The van der Waals surface area contributed by atoms with Gasteiger partial charge in [0.2, 0.25) is 0 Å². The minimum absolute atomic E-state index is 0.0625. The van der Waals surface area contributed by atoms with E-state index in [2.05, 4.69) is 17.9 Å². The molecular weight excluding hydrogens is 289 g/mol. The molecule has 1 aliphatic rings. The lowest BCUT2D eigenvalue weighted by molar-refractivity contribution is 0.0930. The van der Waals surface area contributed by atoms with Gasteiger partial charge in [0.1, 0.15) is 15.7 Å². The van der Waals surface area contributed by atoms with Crippen LogP contribution in [0.5, 0.6) is 0 Å². The molecule has 0 bridgehead atoms. The Morgan fingerprint density at radius 2 is 1.95 bits per heavy atom. The maximum absolute atomic E-state index is 13.5. The minimum Gasteiger partial charge on any atom is -0.349 e. The van der Waals surface area contributed by atoms with E-state index >= 15 is 0 Å². The second-order valence-electron chi connectivity index (χ2n) is 4.56. The number of carbonyl (C=O) groups is 1. The molecule has 1 saturated heterocycles. The van der Waals surface area contributed by atoms with Gasteiger partial charge >= 0.3 is 0 Å². The van der Waals surface area contributed by atoms with Crippen molar-refractivity contribution in [3.05, 3.63) is 29.6 Å². The molecule has 1 amide bonds. The van der Waals surface area contributed by atoms with E-state index in [4.69, 9.17) is 0 Å². The summed E-state index contributed by atoms with van der Waals surface area (Å²) in [6.45, 7) is 0. The van der Waals surface area contributed by atoms with Crippen LogP contribution >= 0.6 is 12.6 Å². The van der Waals surface area contributed by atoms with Crippen LogP contribution in [0.4, 0.5) is 4.39 Å². The van der Waals surface area contributed by atoms with Crippen molar-refractivity contribution in [2.45, 2.75) is 23.8 Å². The predicted molar refractivity (Wildman–Crippen MR) is 72.8 cm³/mol. The molecule has 7 heteroatoms. The zero-order valence-corrected chi connectivity index (χ0v) is 11.8. The first kappa shape index (κ1) is 14.3. The van der Waals surface area contributed by atoms with Crippen LogP contribution in [0.15, 0.2) is 23.1 Å². The number of halogens is 1. The third-order valence-corrected chi connectivity index (χ3v) is 5.08. The standard InChI is InChI=1S/C12H14FNO3S2/c13-11-2-1-9(18)7-10(11)12(15)14-8-3-5-19(16,17)6-4-8/h1-2,7-8,18H,3-6H2,(H,14,15). The number of hydrogen-bond acceptors (Lipinski definition) is 4. The molecule has 1 N–H and O–H groups in total. The molecule has 4 nitrogen and oxygen atoms in total. The van der Waals surface area contributed by atoms with E-state index in [1.807, 2.05) is 0 Å². The Morgan fingerprint density at radius 3 is 2.58 bits per heavy atom. The zero-order valence-electron chi connectivity index (χ0n) is 10.1. The summed E-state index contributed by atoms with van der Waals surface area (Å²) in [6.07, 6.45) is 0.743. The van der Waals surface area contributed by atoms with Gasteiger partial charge in [-0.25, -0.2) is 12.8 Å². The van der Waals surface area contributed by atoms with Crippen molar-refractivity contribution in [1.82, 2.24) is 5.32 Å². The van der Waals surface area contributed by atoms with Crippen LogP contribution < -0.4 is 5.32 Å². The van der Waals surface area contributed by atoms with Gasteiger partial charge in [-0.3, -0.25) is 4.79 Å². The average molecular weight is 303 g/mol. The van der Waals surface area contributed by atoms with Crippen LogP contribution in [0.3, 0.4) is 0 Å². The summed E-state index contributed by atoms with van der Waals surface area (Å²) in [7, 11) is -2.97. The van der Waals surface area contributed by atoms with Crippen LogP contribution in [0.25, 0.3) is 0 Å². The Labute approximate surface area is 116 Å². The van der Waals surface area contributed by atoms with E-state index < -0.39 is 21.6 Å². The lowest BCUT2D eigenvalue weighted by Crippen LogP contribution is -2.41. The molecule has 0 radical (unpaired) electrons. The van der Waals surface area contributed by atoms with Gasteiger partial charge in [0.25, 0.3) is 5.91 Å². The minimum atomic E-state index is -2.97. The van der Waals surface area contributed by atoms with Gasteiger partial charge in [-0.2, -0.15) is 0 Å². The second kappa shape index (κ2) is 5.50.